The Morgan fingerprint density at radius 2 is 2.20 bits per heavy atom. The first-order valence-electron chi connectivity index (χ1n) is 8.59. The van der Waals surface area contributed by atoms with Crippen molar-refractivity contribution in [1.29, 1.82) is 0 Å². The number of aryl methyl sites for hydroxylation is 2. The number of nitro groups is 1. The molecule has 1 fully saturated rings. The van der Waals surface area contributed by atoms with Crippen molar-refractivity contribution in [3.05, 3.63) is 45.7 Å². The fraction of sp³-hybridized carbons (Fsp3) is 0.529. The normalized spacial score (nSPS) is 18.2. The van der Waals surface area contributed by atoms with E-state index in [4.69, 9.17) is 4.42 Å². The van der Waals surface area contributed by atoms with E-state index in [1.54, 1.807) is 11.9 Å². The molecule has 0 bridgehead atoms. The molecule has 0 spiro atoms. The molecule has 3 heterocycles. The minimum absolute atomic E-state index is 0.110. The second-order valence-electron chi connectivity index (χ2n) is 6.32. The van der Waals surface area contributed by atoms with Crippen molar-refractivity contribution in [3.8, 4) is 0 Å². The summed E-state index contributed by atoms with van der Waals surface area (Å²) in [6, 6.07) is 3.62. The molecule has 1 amide bonds. The van der Waals surface area contributed by atoms with E-state index in [-0.39, 0.29) is 17.4 Å². The number of rotatable bonds is 4. The van der Waals surface area contributed by atoms with Crippen LogP contribution in [0.25, 0.3) is 0 Å². The zero-order chi connectivity index (χ0) is 18.0. The largest absolute Gasteiger partial charge is 0.464 e. The van der Waals surface area contributed by atoms with E-state index < -0.39 is 10.8 Å². The van der Waals surface area contributed by atoms with Crippen molar-refractivity contribution in [2.24, 2.45) is 7.05 Å². The van der Waals surface area contributed by atoms with Crippen LogP contribution in [0.4, 0.5) is 5.69 Å². The maximum atomic E-state index is 13.1. The predicted octanol–water partition coefficient (Wildman–Crippen LogP) is 3.24. The molecule has 1 aliphatic rings. The minimum atomic E-state index is -0.560. The smallest absolute Gasteiger partial charge is 0.320 e. The van der Waals surface area contributed by atoms with Gasteiger partial charge in [-0.3, -0.25) is 19.6 Å². The second-order valence-corrected chi connectivity index (χ2v) is 6.32. The van der Waals surface area contributed by atoms with Crippen LogP contribution in [0.5, 0.6) is 0 Å². The summed E-state index contributed by atoms with van der Waals surface area (Å²) in [4.78, 5) is 25.4. The van der Waals surface area contributed by atoms with Gasteiger partial charge < -0.3 is 9.32 Å². The van der Waals surface area contributed by atoms with Crippen LogP contribution in [0.2, 0.25) is 0 Å². The van der Waals surface area contributed by atoms with Gasteiger partial charge in [-0.25, -0.2) is 0 Å². The summed E-state index contributed by atoms with van der Waals surface area (Å²) < 4.78 is 7.18. The van der Waals surface area contributed by atoms with E-state index in [1.807, 2.05) is 19.1 Å². The third-order valence-corrected chi connectivity index (χ3v) is 4.58. The molecule has 0 aliphatic carbocycles. The SMILES string of the molecule is CCc1ccc(C2CCCCCN2C(=O)c2nn(C)cc2[N+](=O)[O-])o1. The van der Waals surface area contributed by atoms with E-state index in [9.17, 15) is 14.9 Å². The molecule has 2 aromatic rings. The molecule has 3 rings (SSSR count). The van der Waals surface area contributed by atoms with Crippen LogP contribution < -0.4 is 0 Å². The number of hydrogen-bond donors (Lipinski definition) is 0. The first-order valence-corrected chi connectivity index (χ1v) is 8.59. The maximum absolute atomic E-state index is 13.1. The van der Waals surface area contributed by atoms with Gasteiger partial charge in [-0.1, -0.05) is 19.8 Å². The summed E-state index contributed by atoms with van der Waals surface area (Å²) >= 11 is 0. The maximum Gasteiger partial charge on any atom is 0.320 e. The van der Waals surface area contributed by atoms with Crippen molar-refractivity contribution >= 4 is 11.6 Å². The van der Waals surface area contributed by atoms with Gasteiger partial charge >= 0.3 is 5.69 Å². The zero-order valence-electron chi connectivity index (χ0n) is 14.5. The van der Waals surface area contributed by atoms with E-state index in [1.165, 1.54) is 10.9 Å². The number of nitrogens with zero attached hydrogens (tertiary/aromatic N) is 4. The number of aromatic nitrogens is 2. The number of carbonyl (C=O) groups is 1. The fourth-order valence-electron chi connectivity index (χ4n) is 3.31. The van der Waals surface area contributed by atoms with Crippen LogP contribution in [-0.2, 0) is 13.5 Å². The van der Waals surface area contributed by atoms with Crippen LogP contribution >= 0.6 is 0 Å². The quantitative estimate of drug-likeness (QED) is 0.625. The molecule has 8 nitrogen and oxygen atoms in total. The van der Waals surface area contributed by atoms with E-state index in [0.717, 1.165) is 43.6 Å². The van der Waals surface area contributed by atoms with Gasteiger partial charge in [-0.05, 0) is 25.0 Å². The molecule has 1 saturated heterocycles. The van der Waals surface area contributed by atoms with Crippen molar-refractivity contribution in [2.75, 3.05) is 6.54 Å². The van der Waals surface area contributed by atoms with Gasteiger partial charge in [0.15, 0.2) is 0 Å². The fourth-order valence-corrected chi connectivity index (χ4v) is 3.31. The monoisotopic (exact) mass is 346 g/mol. The molecule has 1 atom stereocenters. The van der Waals surface area contributed by atoms with Gasteiger partial charge in [0.25, 0.3) is 5.91 Å². The molecule has 134 valence electrons. The Morgan fingerprint density at radius 1 is 1.40 bits per heavy atom. The lowest BCUT2D eigenvalue weighted by Gasteiger charge is -2.27. The first-order chi connectivity index (χ1) is 12.0. The predicted molar refractivity (Wildman–Crippen MR) is 90.2 cm³/mol. The molecule has 8 heteroatoms. The van der Waals surface area contributed by atoms with Crippen LogP contribution in [0.15, 0.2) is 22.7 Å². The summed E-state index contributed by atoms with van der Waals surface area (Å²) in [6.07, 6.45) is 5.70. The Labute approximate surface area is 145 Å². The van der Waals surface area contributed by atoms with Gasteiger partial charge in [0.2, 0.25) is 5.69 Å². The van der Waals surface area contributed by atoms with Crippen LogP contribution in [-0.4, -0.2) is 32.1 Å². The van der Waals surface area contributed by atoms with Gasteiger partial charge in [0, 0.05) is 20.0 Å². The number of furan rings is 1. The highest BCUT2D eigenvalue weighted by Crippen LogP contribution is 2.33. The van der Waals surface area contributed by atoms with E-state index in [2.05, 4.69) is 5.10 Å². The highest BCUT2D eigenvalue weighted by Gasteiger charge is 2.35. The first kappa shape index (κ1) is 17.2. The molecular weight excluding hydrogens is 324 g/mol. The molecule has 1 aliphatic heterocycles. The number of amides is 1. The highest BCUT2D eigenvalue weighted by molar-refractivity contribution is 5.96. The average Bonchev–Trinajstić information content (AvgIpc) is 3.14. The zero-order valence-corrected chi connectivity index (χ0v) is 14.5. The molecule has 0 aromatic carbocycles. The molecule has 0 N–H and O–H groups in total. The number of hydrogen-bond acceptors (Lipinski definition) is 5. The summed E-state index contributed by atoms with van der Waals surface area (Å²) in [5.41, 5.74) is -0.370. The third-order valence-electron chi connectivity index (χ3n) is 4.58. The summed E-state index contributed by atoms with van der Waals surface area (Å²) in [5.74, 6) is 1.20. The number of carbonyl (C=O) groups excluding carboxylic acids is 1. The topological polar surface area (TPSA) is 94.4 Å². The van der Waals surface area contributed by atoms with Crippen molar-refractivity contribution in [2.45, 2.75) is 45.1 Å². The molecule has 2 aromatic heterocycles. The van der Waals surface area contributed by atoms with Crippen LogP contribution in [0.3, 0.4) is 0 Å². The van der Waals surface area contributed by atoms with Crippen LogP contribution in [0.1, 0.15) is 60.7 Å². The van der Waals surface area contributed by atoms with Gasteiger partial charge in [-0.2, -0.15) is 5.10 Å². The highest BCUT2D eigenvalue weighted by atomic mass is 16.6. The Morgan fingerprint density at radius 3 is 2.88 bits per heavy atom. The third kappa shape index (κ3) is 3.42. The molecular formula is C17H22N4O4. The van der Waals surface area contributed by atoms with Crippen molar-refractivity contribution in [3.63, 3.8) is 0 Å². The second kappa shape index (κ2) is 7.08. The lowest BCUT2D eigenvalue weighted by Crippen LogP contribution is -2.35. The summed E-state index contributed by atoms with van der Waals surface area (Å²) in [6.45, 7) is 2.55. The Kier molecular flexibility index (Phi) is 4.87. The van der Waals surface area contributed by atoms with Gasteiger partial charge in [-0.15, -0.1) is 0 Å². The molecule has 0 radical (unpaired) electrons. The summed E-state index contributed by atoms with van der Waals surface area (Å²) in [5, 5.41) is 15.3. The van der Waals surface area contributed by atoms with Crippen molar-refractivity contribution < 1.29 is 14.1 Å². The van der Waals surface area contributed by atoms with Crippen LogP contribution in [0, 0.1) is 10.1 Å². The number of likely N-dealkylation sites (tertiary alicyclic amines) is 1. The summed E-state index contributed by atoms with van der Waals surface area (Å²) in [7, 11) is 1.57. The minimum Gasteiger partial charge on any atom is -0.464 e. The van der Waals surface area contributed by atoms with Gasteiger partial charge in [0.05, 0.1) is 11.0 Å². The van der Waals surface area contributed by atoms with Gasteiger partial charge in [0.1, 0.15) is 17.7 Å². The standard InChI is InChI=1S/C17H22N4O4/c1-3-12-8-9-15(25-12)13-7-5-4-6-10-20(13)17(22)16-14(21(23)24)11-19(2)18-16/h8-9,11,13H,3-7,10H2,1-2H3. The van der Waals surface area contributed by atoms with E-state index >= 15 is 0 Å². The van der Waals surface area contributed by atoms with Crippen molar-refractivity contribution in [1.82, 2.24) is 14.7 Å². The Balaban J connectivity index is 1.96. The Bertz CT molecular complexity index is 779. The molecule has 1 unspecified atom stereocenters. The average molecular weight is 346 g/mol. The Hall–Kier alpha value is -2.64. The molecule has 0 saturated carbocycles. The lowest BCUT2D eigenvalue weighted by molar-refractivity contribution is -0.385. The molecule has 25 heavy (non-hydrogen) atoms. The lowest BCUT2D eigenvalue weighted by atomic mass is 10.1. The van der Waals surface area contributed by atoms with E-state index in [0.29, 0.717) is 6.54 Å².